The molecule has 0 unspecified atom stereocenters. The first-order valence-electron chi connectivity index (χ1n) is 3.97. The Balaban J connectivity index is 2.23. The first-order valence-corrected chi connectivity index (χ1v) is 4.91. The molecule has 0 aliphatic carbocycles. The molecule has 0 radical (unpaired) electrons. The Kier molecular flexibility index (Phi) is 2.37. The van der Waals surface area contributed by atoms with Gasteiger partial charge in [0, 0.05) is 17.6 Å². The summed E-state index contributed by atoms with van der Waals surface area (Å²) in [7, 11) is 1.91. The molecule has 4 nitrogen and oxygen atoms in total. The van der Waals surface area contributed by atoms with Crippen molar-refractivity contribution in [1.29, 1.82) is 0 Å². The Morgan fingerprint density at radius 3 is 3.15 bits per heavy atom. The number of rotatable bonds is 3. The van der Waals surface area contributed by atoms with Gasteiger partial charge < -0.3 is 10.3 Å². The number of nitrogens with zero attached hydrogens (tertiary/aromatic N) is 2. The zero-order valence-corrected chi connectivity index (χ0v) is 8.06. The summed E-state index contributed by atoms with van der Waals surface area (Å²) in [5.74, 6) is 0.839. The van der Waals surface area contributed by atoms with Crippen molar-refractivity contribution in [2.24, 2.45) is 0 Å². The van der Waals surface area contributed by atoms with Gasteiger partial charge in [0.05, 0.1) is 11.7 Å². The molecular weight excluding hydrogens is 184 g/mol. The van der Waals surface area contributed by atoms with Crippen LogP contribution in [0.5, 0.6) is 0 Å². The molecule has 0 saturated carbocycles. The van der Waals surface area contributed by atoms with E-state index >= 15 is 0 Å². The van der Waals surface area contributed by atoms with E-state index in [-0.39, 0.29) is 0 Å². The smallest absolute Gasteiger partial charge is 0.157 e. The fraction of sp³-hybridized carbons (Fsp3) is 0.250. The Labute approximate surface area is 80.1 Å². The highest BCUT2D eigenvalue weighted by molar-refractivity contribution is 7.07. The molecule has 0 saturated heterocycles. The molecule has 2 aromatic heterocycles. The normalized spacial score (nSPS) is 10.5. The number of thiazole rings is 1. The van der Waals surface area contributed by atoms with Crippen LogP contribution in [-0.2, 0) is 6.54 Å². The average Bonchev–Trinajstić information content (AvgIpc) is 2.70. The molecule has 0 atom stereocenters. The van der Waals surface area contributed by atoms with E-state index in [1.54, 1.807) is 16.8 Å². The number of nitrogens with one attached hydrogen (secondary N) is 2. The van der Waals surface area contributed by atoms with Crippen LogP contribution in [0.25, 0.3) is 11.5 Å². The first kappa shape index (κ1) is 8.40. The van der Waals surface area contributed by atoms with Crippen LogP contribution in [0.4, 0.5) is 0 Å². The Hall–Kier alpha value is -1.20. The fourth-order valence-electron chi connectivity index (χ4n) is 1.10. The van der Waals surface area contributed by atoms with Crippen molar-refractivity contribution in [2.75, 3.05) is 7.05 Å². The lowest BCUT2D eigenvalue weighted by Gasteiger charge is -1.92. The molecule has 0 aliphatic rings. The van der Waals surface area contributed by atoms with Crippen molar-refractivity contribution in [3.8, 4) is 11.5 Å². The van der Waals surface area contributed by atoms with E-state index in [1.807, 2.05) is 18.6 Å². The number of aromatic amines is 1. The number of hydrogen-bond acceptors (Lipinski definition) is 4. The maximum atomic E-state index is 4.23. The van der Waals surface area contributed by atoms with Gasteiger partial charge in [0.1, 0.15) is 5.69 Å². The molecule has 68 valence electrons. The summed E-state index contributed by atoms with van der Waals surface area (Å²) < 4.78 is 0. The molecular formula is C8H10N4S. The maximum Gasteiger partial charge on any atom is 0.157 e. The van der Waals surface area contributed by atoms with Crippen molar-refractivity contribution >= 4 is 11.3 Å². The number of hydrogen-bond donors (Lipinski definition) is 2. The molecule has 2 heterocycles. The van der Waals surface area contributed by atoms with Crippen molar-refractivity contribution < 1.29 is 0 Å². The lowest BCUT2D eigenvalue weighted by molar-refractivity contribution is 0.797. The van der Waals surface area contributed by atoms with E-state index in [0.29, 0.717) is 0 Å². The molecule has 0 aromatic carbocycles. The zero-order chi connectivity index (χ0) is 9.10. The van der Waals surface area contributed by atoms with Gasteiger partial charge in [-0.1, -0.05) is 0 Å². The van der Waals surface area contributed by atoms with Crippen LogP contribution in [0.15, 0.2) is 17.1 Å². The molecule has 0 amide bonds. The largest absolute Gasteiger partial charge is 0.339 e. The van der Waals surface area contributed by atoms with Gasteiger partial charge in [0.15, 0.2) is 5.82 Å². The number of H-pyrrole nitrogens is 1. The molecule has 2 N–H and O–H groups in total. The van der Waals surface area contributed by atoms with Crippen molar-refractivity contribution in [3.63, 3.8) is 0 Å². The summed E-state index contributed by atoms with van der Waals surface area (Å²) in [4.78, 5) is 11.6. The summed E-state index contributed by atoms with van der Waals surface area (Å²) in [5.41, 5.74) is 3.79. The van der Waals surface area contributed by atoms with Crippen LogP contribution in [0, 0.1) is 0 Å². The molecule has 2 rings (SSSR count). The van der Waals surface area contributed by atoms with Crippen LogP contribution >= 0.6 is 11.3 Å². The first-order chi connectivity index (χ1) is 6.40. The standard InChI is InChI=1S/C8H10N4S/c1-9-2-6-3-10-8(12-6)7-4-13-5-11-7/h3-5,9H,2H2,1H3,(H,10,12). The van der Waals surface area contributed by atoms with E-state index < -0.39 is 0 Å². The van der Waals surface area contributed by atoms with E-state index in [9.17, 15) is 0 Å². The SMILES string of the molecule is CNCc1cnc(-c2cscn2)[nH]1. The summed E-state index contributed by atoms with van der Waals surface area (Å²) in [6, 6.07) is 0. The highest BCUT2D eigenvalue weighted by Gasteiger charge is 2.03. The molecule has 0 bridgehead atoms. The highest BCUT2D eigenvalue weighted by Crippen LogP contribution is 2.14. The van der Waals surface area contributed by atoms with Crippen molar-refractivity contribution in [1.82, 2.24) is 20.3 Å². The van der Waals surface area contributed by atoms with E-state index in [0.717, 1.165) is 23.8 Å². The van der Waals surface area contributed by atoms with E-state index in [4.69, 9.17) is 0 Å². The maximum absolute atomic E-state index is 4.23. The lowest BCUT2D eigenvalue weighted by atomic mass is 10.4. The third-order valence-corrected chi connectivity index (χ3v) is 2.26. The highest BCUT2D eigenvalue weighted by atomic mass is 32.1. The average molecular weight is 194 g/mol. The third-order valence-electron chi connectivity index (χ3n) is 1.67. The molecule has 0 fully saturated rings. The second-order valence-corrected chi connectivity index (χ2v) is 3.38. The van der Waals surface area contributed by atoms with Gasteiger partial charge in [-0.05, 0) is 7.05 Å². The van der Waals surface area contributed by atoms with Gasteiger partial charge in [-0.25, -0.2) is 9.97 Å². The van der Waals surface area contributed by atoms with Crippen molar-refractivity contribution in [2.45, 2.75) is 6.54 Å². The molecule has 5 heteroatoms. The van der Waals surface area contributed by atoms with Crippen LogP contribution in [0.1, 0.15) is 5.69 Å². The zero-order valence-electron chi connectivity index (χ0n) is 7.24. The van der Waals surface area contributed by atoms with Gasteiger partial charge in [0.25, 0.3) is 0 Å². The van der Waals surface area contributed by atoms with Crippen LogP contribution in [-0.4, -0.2) is 22.0 Å². The Bertz CT molecular complexity index is 365. The van der Waals surface area contributed by atoms with Crippen molar-refractivity contribution in [3.05, 3.63) is 22.8 Å². The molecule has 0 aliphatic heterocycles. The van der Waals surface area contributed by atoms with Gasteiger partial charge in [-0.3, -0.25) is 0 Å². The van der Waals surface area contributed by atoms with Gasteiger partial charge in [0.2, 0.25) is 0 Å². The van der Waals surface area contributed by atoms with Gasteiger partial charge >= 0.3 is 0 Å². The Morgan fingerprint density at radius 2 is 2.46 bits per heavy atom. The topological polar surface area (TPSA) is 53.6 Å². The number of imidazole rings is 1. The monoisotopic (exact) mass is 194 g/mol. The van der Waals surface area contributed by atoms with E-state index in [1.165, 1.54) is 0 Å². The second kappa shape index (κ2) is 3.68. The van der Waals surface area contributed by atoms with Crippen LogP contribution in [0.2, 0.25) is 0 Å². The molecule has 0 spiro atoms. The lowest BCUT2D eigenvalue weighted by Crippen LogP contribution is -2.04. The molecule has 2 aromatic rings. The fourth-order valence-corrected chi connectivity index (χ4v) is 1.64. The number of aromatic nitrogens is 3. The molecule has 13 heavy (non-hydrogen) atoms. The minimum atomic E-state index is 0.803. The third kappa shape index (κ3) is 1.76. The summed E-state index contributed by atoms with van der Waals surface area (Å²) in [6.07, 6.45) is 1.82. The minimum absolute atomic E-state index is 0.803. The summed E-state index contributed by atoms with van der Waals surface area (Å²) in [6.45, 7) is 0.803. The summed E-state index contributed by atoms with van der Waals surface area (Å²) in [5, 5.41) is 5.03. The van der Waals surface area contributed by atoms with Crippen LogP contribution in [0.3, 0.4) is 0 Å². The second-order valence-electron chi connectivity index (χ2n) is 2.66. The predicted molar refractivity (Wildman–Crippen MR) is 52.5 cm³/mol. The predicted octanol–water partition coefficient (Wildman–Crippen LogP) is 1.25. The minimum Gasteiger partial charge on any atom is -0.339 e. The quantitative estimate of drug-likeness (QED) is 0.773. The summed E-state index contributed by atoms with van der Waals surface area (Å²) >= 11 is 1.57. The van der Waals surface area contributed by atoms with E-state index in [2.05, 4.69) is 20.3 Å². The van der Waals surface area contributed by atoms with Crippen LogP contribution < -0.4 is 5.32 Å². The Morgan fingerprint density at radius 1 is 1.54 bits per heavy atom. The van der Waals surface area contributed by atoms with Gasteiger partial charge in [-0.2, -0.15) is 0 Å². The van der Waals surface area contributed by atoms with Gasteiger partial charge in [-0.15, -0.1) is 11.3 Å².